The number of halogens is 1. The van der Waals surface area contributed by atoms with Crippen LogP contribution in [0.3, 0.4) is 0 Å². The summed E-state index contributed by atoms with van der Waals surface area (Å²) in [5.41, 5.74) is 2.47. The van der Waals surface area contributed by atoms with Crippen molar-refractivity contribution in [2.75, 3.05) is 0 Å². The summed E-state index contributed by atoms with van der Waals surface area (Å²) in [6, 6.07) is 9.60. The summed E-state index contributed by atoms with van der Waals surface area (Å²) in [6.07, 6.45) is 5.67. The third kappa shape index (κ3) is 4.70. The fourth-order valence-electron chi connectivity index (χ4n) is 3.97. The molecule has 32 heavy (non-hydrogen) atoms. The summed E-state index contributed by atoms with van der Waals surface area (Å²) in [4.78, 5) is 8.92. The first kappa shape index (κ1) is 23.2. The van der Waals surface area contributed by atoms with E-state index in [1.54, 1.807) is 44.2 Å². The third-order valence-electron chi connectivity index (χ3n) is 5.99. The van der Waals surface area contributed by atoms with Crippen LogP contribution in [0.5, 0.6) is 0 Å². The Morgan fingerprint density at radius 1 is 1.16 bits per heavy atom. The zero-order valence-electron chi connectivity index (χ0n) is 18.6. The molecule has 0 radical (unpaired) electrons. The summed E-state index contributed by atoms with van der Waals surface area (Å²) in [6.45, 7) is 9.21. The molecule has 1 aromatic carbocycles. The Labute approximate surface area is 198 Å². The van der Waals surface area contributed by atoms with Gasteiger partial charge in [0, 0.05) is 34.4 Å². The molecule has 170 valence electrons. The van der Waals surface area contributed by atoms with Crippen LogP contribution in [0, 0.1) is 0 Å². The molecule has 3 aromatic rings. The van der Waals surface area contributed by atoms with Crippen molar-refractivity contribution in [2.45, 2.75) is 68.2 Å². The second-order valence-electron chi connectivity index (χ2n) is 9.33. The normalized spacial score (nSPS) is 19.8. The molecular formula is C24H28ClN3O2S2. The van der Waals surface area contributed by atoms with E-state index in [0.29, 0.717) is 12.0 Å². The predicted molar refractivity (Wildman–Crippen MR) is 133 cm³/mol. The number of aromatic nitrogens is 2. The number of fused-ring (bicyclic) bond motifs is 1. The van der Waals surface area contributed by atoms with Crippen LogP contribution in [0.1, 0.15) is 62.9 Å². The van der Waals surface area contributed by atoms with Crippen LogP contribution in [-0.2, 0) is 9.84 Å². The fourth-order valence-corrected chi connectivity index (χ4v) is 6.36. The van der Waals surface area contributed by atoms with Crippen LogP contribution in [0.15, 0.2) is 48.1 Å². The Balaban J connectivity index is 1.40. The number of pyridine rings is 1. The first-order chi connectivity index (χ1) is 15.0. The molecule has 1 N–H and O–H groups in total. The second kappa shape index (κ2) is 8.76. The highest BCUT2D eigenvalue weighted by molar-refractivity contribution is 7.92. The summed E-state index contributed by atoms with van der Waals surface area (Å²) in [7, 11) is -3.51. The Kier molecular flexibility index (Phi) is 6.36. The van der Waals surface area contributed by atoms with E-state index >= 15 is 0 Å². The maximum Gasteiger partial charge on any atom is 0.200 e. The van der Waals surface area contributed by atoms with Crippen LogP contribution in [0.2, 0.25) is 5.02 Å². The molecule has 8 heteroatoms. The molecule has 0 unspecified atom stereocenters. The zero-order valence-corrected chi connectivity index (χ0v) is 20.9. The topological polar surface area (TPSA) is 72.0 Å². The lowest BCUT2D eigenvalue weighted by Crippen LogP contribution is -2.31. The van der Waals surface area contributed by atoms with Gasteiger partial charge in [0.05, 0.1) is 20.0 Å². The minimum Gasteiger partial charge on any atom is -0.382 e. The van der Waals surface area contributed by atoms with Gasteiger partial charge in [-0.15, -0.1) is 11.3 Å². The molecule has 0 aliphatic heterocycles. The van der Waals surface area contributed by atoms with E-state index < -0.39 is 14.6 Å². The van der Waals surface area contributed by atoms with E-state index in [1.807, 2.05) is 18.2 Å². The van der Waals surface area contributed by atoms with Crippen LogP contribution in [-0.4, -0.2) is 29.2 Å². The van der Waals surface area contributed by atoms with E-state index in [0.717, 1.165) is 47.5 Å². The van der Waals surface area contributed by atoms with Gasteiger partial charge in [0.1, 0.15) is 0 Å². The van der Waals surface area contributed by atoms with Crippen molar-refractivity contribution < 1.29 is 8.42 Å². The highest BCUT2D eigenvalue weighted by atomic mass is 35.5. The monoisotopic (exact) mass is 489 g/mol. The van der Waals surface area contributed by atoms with Crippen molar-refractivity contribution in [3.05, 3.63) is 58.7 Å². The Morgan fingerprint density at radius 2 is 1.88 bits per heavy atom. The summed E-state index contributed by atoms with van der Waals surface area (Å²) >= 11 is 7.86. The van der Waals surface area contributed by atoms with Crippen molar-refractivity contribution in [3.63, 3.8) is 0 Å². The van der Waals surface area contributed by atoms with Gasteiger partial charge in [-0.05, 0) is 76.8 Å². The minimum absolute atomic E-state index is 0.0881. The Hall–Kier alpha value is -1.96. The number of thiazole rings is 1. The molecule has 2 aromatic heterocycles. The first-order valence-corrected chi connectivity index (χ1v) is 13.4. The van der Waals surface area contributed by atoms with Gasteiger partial charge in [-0.2, -0.15) is 0 Å². The molecular weight excluding hydrogens is 462 g/mol. The quantitative estimate of drug-likeness (QED) is 0.461. The van der Waals surface area contributed by atoms with Crippen molar-refractivity contribution in [2.24, 2.45) is 0 Å². The van der Waals surface area contributed by atoms with E-state index in [4.69, 9.17) is 16.6 Å². The van der Waals surface area contributed by atoms with Gasteiger partial charge in [-0.25, -0.2) is 18.4 Å². The maximum absolute atomic E-state index is 12.7. The van der Waals surface area contributed by atoms with E-state index in [1.165, 1.54) is 15.9 Å². The molecule has 5 nitrogen and oxygen atoms in total. The van der Waals surface area contributed by atoms with Crippen molar-refractivity contribution in [1.82, 2.24) is 15.3 Å². The SMILES string of the molecule is C=C(NC1CCC(c2nc3cc(Cl)ccc3s2)CC1)c1ccnc(S(=O)(=O)C(C)(C)C)c1. The molecule has 0 atom stereocenters. The molecule has 1 aliphatic rings. The number of sulfone groups is 1. The van der Waals surface area contributed by atoms with Gasteiger partial charge in [-0.3, -0.25) is 0 Å². The second-order valence-corrected chi connectivity index (χ2v) is 13.5. The lowest BCUT2D eigenvalue weighted by atomic mass is 9.86. The molecule has 1 fully saturated rings. The molecule has 0 amide bonds. The van der Waals surface area contributed by atoms with E-state index in [-0.39, 0.29) is 5.03 Å². The van der Waals surface area contributed by atoms with Crippen LogP contribution < -0.4 is 5.32 Å². The molecule has 4 rings (SSSR count). The zero-order chi connectivity index (χ0) is 23.1. The van der Waals surface area contributed by atoms with Gasteiger partial charge >= 0.3 is 0 Å². The lowest BCUT2D eigenvalue weighted by molar-refractivity contribution is 0.370. The van der Waals surface area contributed by atoms with Gasteiger partial charge in [-0.1, -0.05) is 18.2 Å². The maximum atomic E-state index is 12.7. The number of nitrogens with zero attached hydrogens (tertiary/aromatic N) is 2. The molecule has 0 saturated heterocycles. The lowest BCUT2D eigenvalue weighted by Gasteiger charge is -2.29. The summed E-state index contributed by atoms with van der Waals surface area (Å²) in [5, 5.41) is 5.50. The Morgan fingerprint density at radius 3 is 2.56 bits per heavy atom. The number of benzene rings is 1. The molecule has 0 spiro atoms. The van der Waals surface area contributed by atoms with Gasteiger partial charge in [0.15, 0.2) is 14.9 Å². The largest absolute Gasteiger partial charge is 0.382 e. The van der Waals surface area contributed by atoms with Gasteiger partial charge in [0.2, 0.25) is 0 Å². The smallest absolute Gasteiger partial charge is 0.200 e. The standard InChI is InChI=1S/C24H28ClN3O2S2/c1-15(17-11-12-26-22(13-17)32(29,30)24(2,3)4)27-19-8-5-16(6-9-19)23-28-20-14-18(25)7-10-21(20)31-23/h7,10-14,16,19,27H,1,5-6,8-9H2,2-4H3. The number of rotatable bonds is 5. The van der Waals surface area contributed by atoms with E-state index in [2.05, 4.69) is 16.9 Å². The highest BCUT2D eigenvalue weighted by Crippen LogP contribution is 2.38. The minimum atomic E-state index is -3.51. The average molecular weight is 490 g/mol. The van der Waals surface area contributed by atoms with Crippen LogP contribution in [0.4, 0.5) is 0 Å². The van der Waals surface area contributed by atoms with Crippen molar-refractivity contribution in [1.29, 1.82) is 0 Å². The fraction of sp³-hybridized carbons (Fsp3) is 0.417. The summed E-state index contributed by atoms with van der Waals surface area (Å²) in [5.74, 6) is 0.460. The van der Waals surface area contributed by atoms with Crippen molar-refractivity contribution >= 4 is 48.7 Å². The molecule has 1 saturated carbocycles. The van der Waals surface area contributed by atoms with Crippen molar-refractivity contribution in [3.8, 4) is 0 Å². The number of nitrogens with one attached hydrogen (secondary N) is 1. The summed E-state index contributed by atoms with van der Waals surface area (Å²) < 4.78 is 25.8. The predicted octanol–water partition coefficient (Wildman–Crippen LogP) is 6.20. The highest BCUT2D eigenvalue weighted by Gasteiger charge is 2.32. The number of hydrogen-bond acceptors (Lipinski definition) is 6. The number of hydrogen-bond donors (Lipinski definition) is 1. The van der Waals surface area contributed by atoms with Crippen LogP contribution in [0.25, 0.3) is 15.9 Å². The van der Waals surface area contributed by atoms with Gasteiger partial charge < -0.3 is 5.32 Å². The van der Waals surface area contributed by atoms with Crippen LogP contribution >= 0.6 is 22.9 Å². The molecule has 1 aliphatic carbocycles. The Bertz CT molecular complexity index is 1250. The van der Waals surface area contributed by atoms with Gasteiger partial charge in [0.25, 0.3) is 0 Å². The average Bonchev–Trinajstić information content (AvgIpc) is 3.16. The third-order valence-corrected chi connectivity index (χ3v) is 9.81. The first-order valence-electron chi connectivity index (χ1n) is 10.8. The van der Waals surface area contributed by atoms with E-state index in [9.17, 15) is 8.42 Å². The molecule has 2 heterocycles. The molecule has 0 bridgehead atoms.